The summed E-state index contributed by atoms with van der Waals surface area (Å²) < 4.78 is 0.919. The largest absolute Gasteiger partial charge is 0.333 e. The number of hydrogen-bond donors (Lipinski definition) is 2. The molecule has 0 radical (unpaired) electrons. The summed E-state index contributed by atoms with van der Waals surface area (Å²) in [5.74, 6) is 5.92. The van der Waals surface area contributed by atoms with E-state index in [1.165, 1.54) is 0 Å². The third kappa shape index (κ3) is 3.58. The minimum atomic E-state index is -0.447. The Kier molecular flexibility index (Phi) is 4.40. The molecule has 6 nitrogen and oxygen atoms in total. The van der Waals surface area contributed by atoms with Gasteiger partial charge in [-0.3, -0.25) is 4.79 Å². The lowest BCUT2D eigenvalue weighted by Gasteiger charge is -2.09. The smallest absolute Gasteiger partial charge is 0.299 e. The van der Waals surface area contributed by atoms with Gasteiger partial charge in [0.2, 0.25) is 5.95 Å². The van der Waals surface area contributed by atoms with Gasteiger partial charge in [-0.15, -0.1) is 21.5 Å². The van der Waals surface area contributed by atoms with E-state index in [4.69, 9.17) is 17.4 Å². The molecule has 0 aliphatic carbocycles. The molecule has 0 aliphatic rings. The fourth-order valence-electron chi connectivity index (χ4n) is 1.84. The van der Waals surface area contributed by atoms with Crippen molar-refractivity contribution < 1.29 is 0 Å². The zero-order valence-corrected chi connectivity index (χ0v) is 13.4. The molecular weight excluding hydrogens is 334 g/mol. The van der Waals surface area contributed by atoms with Gasteiger partial charge in [0.1, 0.15) is 0 Å². The maximum atomic E-state index is 12.2. The Bertz CT molecular complexity index is 904. The summed E-state index contributed by atoms with van der Waals surface area (Å²) in [5.41, 5.74) is 0.377. The second-order valence-corrected chi connectivity index (χ2v) is 5.98. The first-order valence-electron chi connectivity index (χ1n) is 6.62. The summed E-state index contributed by atoms with van der Waals surface area (Å²) in [6.45, 7) is 0. The van der Waals surface area contributed by atoms with Crippen LogP contribution in [0, 0.1) is 0 Å². The van der Waals surface area contributed by atoms with E-state index in [0.717, 1.165) is 9.55 Å². The molecule has 3 rings (SSSR count). The molecule has 0 unspecified atom stereocenters. The van der Waals surface area contributed by atoms with Gasteiger partial charge >= 0.3 is 0 Å². The highest BCUT2D eigenvalue weighted by atomic mass is 35.5. The number of nitrogen functional groups attached to an aromatic ring is 1. The summed E-state index contributed by atoms with van der Waals surface area (Å²) in [5, 5.41) is 13.3. The molecule has 1 aromatic carbocycles. The highest BCUT2D eigenvalue weighted by molar-refractivity contribution is 7.10. The van der Waals surface area contributed by atoms with Crippen LogP contribution < -0.4 is 16.7 Å². The Morgan fingerprint density at radius 1 is 1.22 bits per heavy atom. The van der Waals surface area contributed by atoms with Crippen molar-refractivity contribution in [2.45, 2.75) is 0 Å². The standard InChI is InChI=1S/C15H12ClN5OS/c16-10-3-1-4-11(9-10)18-15-20-19-13(14(22)21(15)17)7-6-12-5-2-8-23-12/h1-9H,17H2,(H,18,20)/b7-6-. The average Bonchev–Trinajstić information content (AvgIpc) is 3.05. The Morgan fingerprint density at radius 2 is 2.09 bits per heavy atom. The van der Waals surface area contributed by atoms with Gasteiger partial charge < -0.3 is 11.2 Å². The van der Waals surface area contributed by atoms with Gasteiger partial charge in [-0.2, -0.15) is 4.68 Å². The molecule has 3 aromatic rings. The van der Waals surface area contributed by atoms with Gasteiger partial charge in [0.05, 0.1) is 0 Å². The minimum Gasteiger partial charge on any atom is -0.333 e. The molecule has 0 saturated heterocycles. The number of thiophene rings is 1. The summed E-state index contributed by atoms with van der Waals surface area (Å²) in [4.78, 5) is 13.2. The van der Waals surface area contributed by atoms with Crippen LogP contribution in [0.3, 0.4) is 0 Å². The number of aromatic nitrogens is 3. The Labute approximate surface area is 140 Å². The van der Waals surface area contributed by atoms with Crippen molar-refractivity contribution in [1.82, 2.24) is 14.9 Å². The van der Waals surface area contributed by atoms with Crippen LogP contribution in [0.15, 0.2) is 46.6 Å². The van der Waals surface area contributed by atoms with Crippen molar-refractivity contribution in [3.05, 3.63) is 67.7 Å². The van der Waals surface area contributed by atoms with E-state index in [-0.39, 0.29) is 11.6 Å². The van der Waals surface area contributed by atoms with E-state index in [1.54, 1.807) is 47.8 Å². The first kappa shape index (κ1) is 15.3. The first-order chi connectivity index (χ1) is 11.1. The lowest BCUT2D eigenvalue weighted by Crippen LogP contribution is -2.32. The average molecular weight is 346 g/mol. The fourth-order valence-corrected chi connectivity index (χ4v) is 2.65. The van der Waals surface area contributed by atoms with Gasteiger partial charge in [0, 0.05) is 15.6 Å². The van der Waals surface area contributed by atoms with E-state index < -0.39 is 5.56 Å². The highest BCUT2D eigenvalue weighted by Crippen LogP contribution is 2.17. The quantitative estimate of drug-likeness (QED) is 0.710. The number of halogens is 1. The van der Waals surface area contributed by atoms with E-state index in [2.05, 4.69) is 15.5 Å². The molecule has 0 saturated carbocycles. The second kappa shape index (κ2) is 6.64. The molecule has 0 amide bonds. The summed E-state index contributed by atoms with van der Waals surface area (Å²) in [6.07, 6.45) is 3.38. The van der Waals surface area contributed by atoms with Crippen LogP contribution in [0.1, 0.15) is 10.6 Å². The molecule has 0 bridgehead atoms. The number of rotatable bonds is 4. The topological polar surface area (TPSA) is 85.8 Å². The predicted octanol–water partition coefficient (Wildman–Crippen LogP) is 2.98. The van der Waals surface area contributed by atoms with Crippen molar-refractivity contribution in [2.75, 3.05) is 11.2 Å². The van der Waals surface area contributed by atoms with Gasteiger partial charge in [0.15, 0.2) is 5.69 Å². The highest BCUT2D eigenvalue weighted by Gasteiger charge is 2.08. The number of hydrogen-bond acceptors (Lipinski definition) is 6. The molecule has 23 heavy (non-hydrogen) atoms. The van der Waals surface area contributed by atoms with Crippen LogP contribution in [-0.2, 0) is 0 Å². The van der Waals surface area contributed by atoms with Crippen molar-refractivity contribution in [3.8, 4) is 0 Å². The molecule has 3 N–H and O–H groups in total. The normalized spacial score (nSPS) is 11.0. The van der Waals surface area contributed by atoms with Crippen LogP contribution in [0.5, 0.6) is 0 Å². The Morgan fingerprint density at radius 3 is 2.83 bits per heavy atom. The van der Waals surface area contributed by atoms with Crippen molar-refractivity contribution in [2.24, 2.45) is 0 Å². The maximum Gasteiger partial charge on any atom is 0.299 e. The Hall–Kier alpha value is -2.64. The van der Waals surface area contributed by atoms with Crippen LogP contribution in [0.25, 0.3) is 12.2 Å². The Balaban J connectivity index is 1.87. The van der Waals surface area contributed by atoms with Crippen LogP contribution in [0.2, 0.25) is 5.02 Å². The zero-order chi connectivity index (χ0) is 16.2. The van der Waals surface area contributed by atoms with Gasteiger partial charge in [-0.25, -0.2) is 0 Å². The van der Waals surface area contributed by atoms with E-state index >= 15 is 0 Å². The van der Waals surface area contributed by atoms with Crippen LogP contribution in [-0.4, -0.2) is 14.9 Å². The van der Waals surface area contributed by atoms with E-state index in [0.29, 0.717) is 10.7 Å². The first-order valence-corrected chi connectivity index (χ1v) is 7.88. The SMILES string of the molecule is Nn1c(Nc2cccc(Cl)c2)nnc(/C=C\c2cccs2)c1=O. The van der Waals surface area contributed by atoms with Gasteiger partial charge in [-0.05, 0) is 41.8 Å². The van der Waals surface area contributed by atoms with Gasteiger partial charge in [0.25, 0.3) is 5.56 Å². The molecule has 0 spiro atoms. The summed E-state index contributed by atoms with van der Waals surface area (Å²) in [7, 11) is 0. The molecular formula is C15H12ClN5OS. The number of anilines is 2. The molecule has 0 aliphatic heterocycles. The number of nitrogens with two attached hydrogens (primary N) is 1. The molecule has 116 valence electrons. The summed E-state index contributed by atoms with van der Waals surface area (Å²) >= 11 is 7.47. The molecule has 2 aromatic heterocycles. The number of nitrogens with one attached hydrogen (secondary N) is 1. The summed E-state index contributed by atoms with van der Waals surface area (Å²) in [6, 6.07) is 10.8. The third-order valence-corrected chi connectivity index (χ3v) is 4.02. The predicted molar refractivity (Wildman–Crippen MR) is 94.4 cm³/mol. The number of nitrogens with zero attached hydrogens (tertiary/aromatic N) is 3. The monoisotopic (exact) mass is 345 g/mol. The van der Waals surface area contributed by atoms with Crippen LogP contribution >= 0.6 is 22.9 Å². The zero-order valence-electron chi connectivity index (χ0n) is 11.8. The van der Waals surface area contributed by atoms with Crippen LogP contribution in [0.4, 0.5) is 11.6 Å². The van der Waals surface area contributed by atoms with E-state index in [9.17, 15) is 4.79 Å². The van der Waals surface area contributed by atoms with E-state index in [1.807, 2.05) is 17.5 Å². The fraction of sp³-hybridized carbons (Fsp3) is 0. The van der Waals surface area contributed by atoms with Crippen molar-refractivity contribution in [1.29, 1.82) is 0 Å². The molecule has 2 heterocycles. The van der Waals surface area contributed by atoms with Crippen molar-refractivity contribution >= 4 is 46.7 Å². The van der Waals surface area contributed by atoms with Crippen molar-refractivity contribution in [3.63, 3.8) is 0 Å². The molecule has 0 atom stereocenters. The maximum absolute atomic E-state index is 12.2. The minimum absolute atomic E-state index is 0.130. The molecule has 8 heteroatoms. The third-order valence-electron chi connectivity index (χ3n) is 2.95. The lowest BCUT2D eigenvalue weighted by atomic mass is 10.3. The number of benzene rings is 1. The van der Waals surface area contributed by atoms with Gasteiger partial charge in [-0.1, -0.05) is 23.7 Å². The molecule has 0 fully saturated rings. The second-order valence-electron chi connectivity index (χ2n) is 4.57. The lowest BCUT2D eigenvalue weighted by molar-refractivity contribution is 0.828.